The van der Waals surface area contributed by atoms with E-state index in [4.69, 9.17) is 21.4 Å². The van der Waals surface area contributed by atoms with Crippen LogP contribution in [0, 0.1) is 0 Å². The number of amides is 1. The van der Waals surface area contributed by atoms with Gasteiger partial charge in [-0.1, -0.05) is 12.1 Å². The SMILES string of the molecule is COc1cccc2cc(/C=C3\NC(=S)NC3=O)oc12. The molecule has 1 aromatic heterocycles. The molecule has 1 fully saturated rings. The second-order valence-corrected chi connectivity index (χ2v) is 4.40. The zero-order valence-corrected chi connectivity index (χ0v) is 10.8. The minimum Gasteiger partial charge on any atom is -0.493 e. The lowest BCUT2D eigenvalue weighted by Crippen LogP contribution is -2.21. The number of fused-ring (bicyclic) bond motifs is 1. The summed E-state index contributed by atoms with van der Waals surface area (Å²) >= 11 is 4.86. The first-order valence-corrected chi connectivity index (χ1v) is 5.99. The molecular formula is C13H10N2O3S. The number of carbonyl (C=O) groups is 1. The van der Waals surface area contributed by atoms with Crippen LogP contribution in [0.25, 0.3) is 17.0 Å². The fraction of sp³-hybridized carbons (Fsp3) is 0.0769. The Bertz CT molecular complexity index is 718. The molecule has 3 rings (SSSR count). The number of thiocarbonyl (C=S) groups is 1. The molecule has 1 aliphatic rings. The van der Waals surface area contributed by atoms with Crippen LogP contribution < -0.4 is 15.4 Å². The zero-order chi connectivity index (χ0) is 13.4. The number of nitrogens with one attached hydrogen (secondary N) is 2. The van der Waals surface area contributed by atoms with Crippen molar-refractivity contribution in [3.05, 3.63) is 35.7 Å². The fourth-order valence-corrected chi connectivity index (χ4v) is 2.12. The zero-order valence-electron chi connectivity index (χ0n) is 10.0. The average Bonchev–Trinajstić information content (AvgIpc) is 2.92. The molecule has 1 aliphatic heterocycles. The summed E-state index contributed by atoms with van der Waals surface area (Å²) in [4.78, 5) is 11.5. The van der Waals surface area contributed by atoms with Gasteiger partial charge in [-0.2, -0.15) is 0 Å². The number of carbonyl (C=O) groups excluding carboxylic acids is 1. The van der Waals surface area contributed by atoms with Crippen LogP contribution in [0.3, 0.4) is 0 Å². The summed E-state index contributed by atoms with van der Waals surface area (Å²) in [6, 6.07) is 7.44. The second kappa shape index (κ2) is 4.40. The predicted molar refractivity (Wildman–Crippen MR) is 74.6 cm³/mol. The quantitative estimate of drug-likeness (QED) is 0.645. The lowest BCUT2D eigenvalue weighted by Gasteiger charge is -1.98. The van der Waals surface area contributed by atoms with Gasteiger partial charge in [-0.3, -0.25) is 10.1 Å². The van der Waals surface area contributed by atoms with Gasteiger partial charge >= 0.3 is 0 Å². The molecule has 5 nitrogen and oxygen atoms in total. The van der Waals surface area contributed by atoms with Gasteiger partial charge in [0, 0.05) is 11.5 Å². The Morgan fingerprint density at radius 3 is 2.89 bits per heavy atom. The number of methoxy groups -OCH3 is 1. The van der Waals surface area contributed by atoms with Crippen LogP contribution in [0.15, 0.2) is 34.4 Å². The van der Waals surface area contributed by atoms with Gasteiger partial charge in [0.15, 0.2) is 16.4 Å². The van der Waals surface area contributed by atoms with E-state index in [9.17, 15) is 4.79 Å². The van der Waals surface area contributed by atoms with Gasteiger partial charge in [-0.15, -0.1) is 0 Å². The number of hydrogen-bond acceptors (Lipinski definition) is 4. The highest BCUT2D eigenvalue weighted by Gasteiger charge is 2.20. The van der Waals surface area contributed by atoms with Gasteiger partial charge < -0.3 is 14.5 Å². The molecular weight excluding hydrogens is 264 g/mol. The van der Waals surface area contributed by atoms with Gasteiger partial charge in [0.25, 0.3) is 5.91 Å². The lowest BCUT2D eigenvalue weighted by atomic mass is 10.2. The standard InChI is InChI=1S/C13H10N2O3S/c1-17-10-4-2-3-7-5-8(18-11(7)10)6-9-12(16)15-13(19)14-9/h2-6H,1H3,(H2,14,15,16,19)/b9-6-. The Hall–Kier alpha value is -2.34. The monoisotopic (exact) mass is 274 g/mol. The summed E-state index contributed by atoms with van der Waals surface area (Å²) in [6.45, 7) is 0. The van der Waals surface area contributed by atoms with Crippen molar-refractivity contribution in [2.24, 2.45) is 0 Å². The van der Waals surface area contributed by atoms with Crippen molar-refractivity contribution in [2.45, 2.75) is 0 Å². The molecule has 1 saturated heterocycles. The van der Waals surface area contributed by atoms with E-state index in [1.165, 1.54) is 0 Å². The summed E-state index contributed by atoms with van der Waals surface area (Å²) in [5.74, 6) is 0.945. The first-order chi connectivity index (χ1) is 9.17. The summed E-state index contributed by atoms with van der Waals surface area (Å²) < 4.78 is 10.9. The molecule has 0 spiro atoms. The molecule has 6 heteroatoms. The molecule has 1 amide bonds. The van der Waals surface area contributed by atoms with Crippen LogP contribution in [0.4, 0.5) is 0 Å². The molecule has 0 saturated carbocycles. The number of ether oxygens (including phenoxy) is 1. The topological polar surface area (TPSA) is 63.5 Å². The molecule has 2 N–H and O–H groups in total. The Kier molecular flexibility index (Phi) is 2.72. The molecule has 0 atom stereocenters. The van der Waals surface area contributed by atoms with Crippen molar-refractivity contribution in [2.75, 3.05) is 7.11 Å². The number of furan rings is 1. The number of hydrogen-bond donors (Lipinski definition) is 2. The van der Waals surface area contributed by atoms with Crippen LogP contribution in [0.1, 0.15) is 5.76 Å². The van der Waals surface area contributed by atoms with Gasteiger partial charge in [0.05, 0.1) is 7.11 Å². The normalized spacial score (nSPS) is 16.8. The maximum absolute atomic E-state index is 11.5. The van der Waals surface area contributed by atoms with E-state index in [0.717, 1.165) is 5.39 Å². The van der Waals surface area contributed by atoms with Gasteiger partial charge in [0.2, 0.25) is 0 Å². The lowest BCUT2D eigenvalue weighted by molar-refractivity contribution is -0.115. The molecule has 2 aromatic rings. The average molecular weight is 274 g/mol. The maximum Gasteiger partial charge on any atom is 0.274 e. The van der Waals surface area contributed by atoms with E-state index in [-0.39, 0.29) is 5.91 Å². The molecule has 19 heavy (non-hydrogen) atoms. The second-order valence-electron chi connectivity index (χ2n) is 3.99. The van der Waals surface area contributed by atoms with Crippen molar-refractivity contribution in [3.8, 4) is 5.75 Å². The third-order valence-corrected chi connectivity index (χ3v) is 2.96. The molecule has 0 bridgehead atoms. The third-order valence-electron chi connectivity index (χ3n) is 2.75. The van der Waals surface area contributed by atoms with Crippen molar-refractivity contribution in [1.29, 1.82) is 0 Å². The van der Waals surface area contributed by atoms with Gasteiger partial charge in [-0.25, -0.2) is 0 Å². The first-order valence-electron chi connectivity index (χ1n) is 5.58. The van der Waals surface area contributed by atoms with E-state index in [1.807, 2.05) is 24.3 Å². The van der Waals surface area contributed by atoms with Crippen LogP contribution in [0.5, 0.6) is 5.75 Å². The van der Waals surface area contributed by atoms with Crippen molar-refractivity contribution >= 4 is 40.3 Å². The fourth-order valence-electron chi connectivity index (χ4n) is 1.91. The van der Waals surface area contributed by atoms with Crippen molar-refractivity contribution in [3.63, 3.8) is 0 Å². The smallest absolute Gasteiger partial charge is 0.274 e. The molecule has 0 aliphatic carbocycles. The minimum absolute atomic E-state index is 0.266. The Morgan fingerprint density at radius 2 is 2.21 bits per heavy atom. The third kappa shape index (κ3) is 2.06. The maximum atomic E-state index is 11.5. The predicted octanol–water partition coefficient (Wildman–Crippen LogP) is 1.79. The molecule has 0 unspecified atom stereocenters. The highest BCUT2D eigenvalue weighted by Crippen LogP contribution is 2.29. The number of benzene rings is 1. The minimum atomic E-state index is -0.266. The van der Waals surface area contributed by atoms with Crippen molar-refractivity contribution in [1.82, 2.24) is 10.6 Å². The summed E-state index contributed by atoms with van der Waals surface area (Å²) in [5, 5.41) is 6.46. The van der Waals surface area contributed by atoms with E-state index < -0.39 is 0 Å². The van der Waals surface area contributed by atoms with E-state index in [0.29, 0.717) is 27.9 Å². The van der Waals surface area contributed by atoms with Gasteiger partial charge in [-0.05, 0) is 24.4 Å². The Morgan fingerprint density at radius 1 is 1.37 bits per heavy atom. The Balaban J connectivity index is 2.05. The van der Waals surface area contributed by atoms with Crippen LogP contribution in [-0.4, -0.2) is 18.1 Å². The van der Waals surface area contributed by atoms with E-state index >= 15 is 0 Å². The highest BCUT2D eigenvalue weighted by molar-refractivity contribution is 7.80. The summed E-state index contributed by atoms with van der Waals surface area (Å²) in [6.07, 6.45) is 1.61. The molecule has 0 radical (unpaired) electrons. The van der Waals surface area contributed by atoms with Crippen molar-refractivity contribution < 1.29 is 13.9 Å². The molecule has 2 heterocycles. The van der Waals surface area contributed by atoms with E-state index in [1.54, 1.807) is 13.2 Å². The highest BCUT2D eigenvalue weighted by atomic mass is 32.1. The molecule has 1 aromatic carbocycles. The molecule has 96 valence electrons. The van der Waals surface area contributed by atoms with Crippen LogP contribution in [0.2, 0.25) is 0 Å². The van der Waals surface area contributed by atoms with Crippen LogP contribution in [-0.2, 0) is 4.79 Å². The van der Waals surface area contributed by atoms with E-state index in [2.05, 4.69) is 10.6 Å². The Labute approximate surface area is 114 Å². The summed E-state index contributed by atoms with van der Waals surface area (Å²) in [5.41, 5.74) is 1.01. The van der Waals surface area contributed by atoms with Gasteiger partial charge in [0.1, 0.15) is 11.5 Å². The number of rotatable bonds is 2. The largest absolute Gasteiger partial charge is 0.493 e. The summed E-state index contributed by atoms with van der Waals surface area (Å²) in [7, 11) is 1.58. The van der Waals surface area contributed by atoms with Crippen LogP contribution >= 0.6 is 12.2 Å². The number of para-hydroxylation sites is 1. The first kappa shape index (κ1) is 11.7.